The maximum Gasteiger partial charge on any atom is 0.291 e. The molecule has 8 nitrogen and oxygen atoms in total. The van der Waals surface area contributed by atoms with Crippen molar-refractivity contribution in [1.82, 2.24) is 15.1 Å². The number of rotatable bonds is 8. The van der Waals surface area contributed by atoms with E-state index < -0.39 is 5.91 Å². The van der Waals surface area contributed by atoms with Gasteiger partial charge < -0.3 is 19.8 Å². The second kappa shape index (κ2) is 9.09. The second-order valence-corrected chi connectivity index (χ2v) is 6.55. The van der Waals surface area contributed by atoms with Gasteiger partial charge in [-0.15, -0.1) is 0 Å². The zero-order chi connectivity index (χ0) is 20.8. The van der Waals surface area contributed by atoms with E-state index in [4.69, 9.17) is 9.15 Å². The largest absolute Gasteiger partial charge is 0.486 e. The summed E-state index contributed by atoms with van der Waals surface area (Å²) in [4.78, 5) is 24.3. The van der Waals surface area contributed by atoms with Crippen molar-refractivity contribution < 1.29 is 18.7 Å². The highest BCUT2D eigenvalue weighted by Crippen LogP contribution is 2.18. The molecule has 0 saturated carbocycles. The average molecular weight is 396 g/mol. The van der Waals surface area contributed by atoms with Crippen LogP contribution in [0.2, 0.25) is 0 Å². The van der Waals surface area contributed by atoms with Crippen molar-refractivity contribution >= 4 is 17.5 Å². The number of aromatic nitrogens is 2. The molecule has 0 fully saturated rings. The molecule has 0 unspecified atom stereocenters. The summed E-state index contributed by atoms with van der Waals surface area (Å²) in [5.74, 6) is 0.509. The Morgan fingerprint density at radius 2 is 1.90 bits per heavy atom. The van der Waals surface area contributed by atoms with Crippen LogP contribution in [0.25, 0.3) is 0 Å². The molecule has 152 valence electrons. The molecule has 2 heterocycles. The minimum atomic E-state index is -0.474. The van der Waals surface area contributed by atoms with E-state index in [9.17, 15) is 9.59 Å². The molecule has 0 atom stereocenters. The van der Waals surface area contributed by atoms with Crippen molar-refractivity contribution in [3.63, 3.8) is 0 Å². The highest BCUT2D eigenvalue weighted by molar-refractivity contribution is 6.06. The molecule has 0 aliphatic rings. The minimum Gasteiger partial charge on any atom is -0.486 e. The zero-order valence-corrected chi connectivity index (χ0v) is 16.7. The molecule has 0 radical (unpaired) electrons. The molecule has 2 amide bonds. The Kier molecular flexibility index (Phi) is 6.33. The summed E-state index contributed by atoms with van der Waals surface area (Å²) < 4.78 is 12.7. The fourth-order valence-corrected chi connectivity index (χ4v) is 2.82. The Morgan fingerprint density at radius 3 is 2.59 bits per heavy atom. The third-order valence-corrected chi connectivity index (χ3v) is 4.25. The molecule has 29 heavy (non-hydrogen) atoms. The number of amides is 2. The molecule has 0 saturated heterocycles. The normalized spacial score (nSPS) is 10.6. The number of carbonyl (C=O) groups is 2. The van der Waals surface area contributed by atoms with Crippen molar-refractivity contribution in [2.24, 2.45) is 7.05 Å². The molecule has 1 aromatic carbocycles. The van der Waals surface area contributed by atoms with Crippen LogP contribution in [0.15, 0.2) is 47.0 Å². The van der Waals surface area contributed by atoms with E-state index in [0.29, 0.717) is 11.4 Å². The fraction of sp³-hybridized carbons (Fsp3) is 0.286. The number of carbonyl (C=O) groups excluding carboxylic acids is 2. The topological polar surface area (TPSA) is 98.4 Å². The number of aryl methyl sites for hydroxylation is 2. The Morgan fingerprint density at radius 1 is 1.14 bits per heavy atom. The average Bonchev–Trinajstić information content (AvgIpc) is 3.34. The minimum absolute atomic E-state index is 0.119. The maximum atomic E-state index is 12.5. The predicted octanol–water partition coefficient (Wildman–Crippen LogP) is 3.16. The molecule has 2 N–H and O–H groups in total. The third-order valence-electron chi connectivity index (χ3n) is 4.25. The molecular weight excluding hydrogens is 372 g/mol. The summed E-state index contributed by atoms with van der Waals surface area (Å²) in [7, 11) is 3.16. The van der Waals surface area contributed by atoms with Crippen LogP contribution in [-0.4, -0.2) is 28.6 Å². The summed E-state index contributed by atoms with van der Waals surface area (Å²) in [6.07, 6.45) is 3.69. The lowest BCUT2D eigenvalue weighted by Crippen LogP contribution is -2.21. The Balaban J connectivity index is 1.61. The van der Waals surface area contributed by atoms with Crippen LogP contribution in [0.1, 0.15) is 45.7 Å². The first kappa shape index (κ1) is 20.2. The van der Waals surface area contributed by atoms with Crippen LogP contribution in [0.3, 0.4) is 0 Å². The Labute approximate surface area is 168 Å². The van der Waals surface area contributed by atoms with Crippen molar-refractivity contribution in [2.75, 3.05) is 12.4 Å². The van der Waals surface area contributed by atoms with Crippen LogP contribution in [0, 0.1) is 0 Å². The second-order valence-electron chi connectivity index (χ2n) is 6.55. The number of anilines is 1. The molecule has 0 bridgehead atoms. The monoisotopic (exact) mass is 396 g/mol. The SMILES string of the molecule is CCCc1ccc(OCc2ccc(C(=O)Nc3cn(C)nc3C(=O)NC)o2)cc1. The number of ether oxygens (including phenoxy) is 1. The van der Waals surface area contributed by atoms with Crippen LogP contribution < -0.4 is 15.4 Å². The summed E-state index contributed by atoms with van der Waals surface area (Å²) in [5.41, 5.74) is 1.70. The predicted molar refractivity (Wildman–Crippen MR) is 108 cm³/mol. The number of hydrogen-bond donors (Lipinski definition) is 2. The van der Waals surface area contributed by atoms with Crippen molar-refractivity contribution in [2.45, 2.75) is 26.4 Å². The van der Waals surface area contributed by atoms with Gasteiger partial charge in [0.15, 0.2) is 11.5 Å². The van der Waals surface area contributed by atoms with E-state index in [1.54, 1.807) is 25.4 Å². The van der Waals surface area contributed by atoms with E-state index in [2.05, 4.69) is 22.7 Å². The first-order valence-corrected chi connectivity index (χ1v) is 9.37. The molecule has 0 aliphatic heterocycles. The Bertz CT molecular complexity index is 989. The number of furan rings is 1. The lowest BCUT2D eigenvalue weighted by Gasteiger charge is -2.05. The number of nitrogens with one attached hydrogen (secondary N) is 2. The van der Waals surface area contributed by atoms with Gasteiger partial charge in [-0.1, -0.05) is 25.5 Å². The summed E-state index contributed by atoms with van der Waals surface area (Å²) in [6.45, 7) is 2.35. The summed E-state index contributed by atoms with van der Waals surface area (Å²) >= 11 is 0. The van der Waals surface area contributed by atoms with Crippen molar-refractivity contribution in [3.05, 3.63) is 65.4 Å². The van der Waals surface area contributed by atoms with Gasteiger partial charge in [0.05, 0.1) is 5.69 Å². The van der Waals surface area contributed by atoms with Gasteiger partial charge in [0.2, 0.25) is 0 Å². The molecule has 3 aromatic rings. The van der Waals surface area contributed by atoms with Crippen molar-refractivity contribution in [1.29, 1.82) is 0 Å². The zero-order valence-electron chi connectivity index (χ0n) is 16.7. The standard InChI is InChI=1S/C21H24N4O4/c1-4-5-14-6-8-15(9-7-14)28-13-16-10-11-18(29-16)20(26)23-17-12-25(3)24-19(17)21(27)22-2/h6-12H,4-5,13H2,1-3H3,(H,22,27)(H,23,26). The van der Waals surface area contributed by atoms with Gasteiger partial charge in [0.1, 0.15) is 18.1 Å². The van der Waals surface area contributed by atoms with Crippen LogP contribution >= 0.6 is 0 Å². The van der Waals surface area contributed by atoms with Crippen LogP contribution in [0.5, 0.6) is 5.75 Å². The highest BCUT2D eigenvalue weighted by Gasteiger charge is 2.19. The molecule has 3 rings (SSSR count). The fourth-order valence-electron chi connectivity index (χ4n) is 2.82. The highest BCUT2D eigenvalue weighted by atomic mass is 16.5. The number of nitrogens with zero attached hydrogens (tertiary/aromatic N) is 2. The van der Waals surface area contributed by atoms with Crippen LogP contribution in [0.4, 0.5) is 5.69 Å². The van der Waals surface area contributed by atoms with Gasteiger partial charge in [-0.05, 0) is 36.2 Å². The summed E-state index contributed by atoms with van der Waals surface area (Å²) in [6, 6.07) is 11.2. The van der Waals surface area contributed by atoms with E-state index in [1.165, 1.54) is 17.3 Å². The van der Waals surface area contributed by atoms with Gasteiger partial charge in [-0.3, -0.25) is 14.3 Å². The van der Waals surface area contributed by atoms with E-state index in [0.717, 1.165) is 18.6 Å². The summed E-state index contributed by atoms with van der Waals surface area (Å²) in [5, 5.41) is 9.19. The van der Waals surface area contributed by atoms with Gasteiger partial charge in [-0.25, -0.2) is 0 Å². The molecular formula is C21H24N4O4. The number of hydrogen-bond acceptors (Lipinski definition) is 5. The molecule has 0 spiro atoms. The first-order valence-electron chi connectivity index (χ1n) is 9.37. The smallest absolute Gasteiger partial charge is 0.291 e. The quantitative estimate of drug-likeness (QED) is 0.609. The van der Waals surface area contributed by atoms with Gasteiger partial charge in [0, 0.05) is 20.3 Å². The van der Waals surface area contributed by atoms with E-state index >= 15 is 0 Å². The molecule has 2 aromatic heterocycles. The van der Waals surface area contributed by atoms with Crippen LogP contribution in [-0.2, 0) is 20.1 Å². The lowest BCUT2D eigenvalue weighted by atomic mass is 10.1. The van der Waals surface area contributed by atoms with E-state index in [-0.39, 0.29) is 24.0 Å². The lowest BCUT2D eigenvalue weighted by molar-refractivity contribution is 0.0958. The first-order chi connectivity index (χ1) is 14.0. The number of benzene rings is 1. The van der Waals surface area contributed by atoms with E-state index in [1.807, 2.05) is 24.3 Å². The van der Waals surface area contributed by atoms with Gasteiger partial charge in [-0.2, -0.15) is 5.10 Å². The molecule has 8 heteroatoms. The van der Waals surface area contributed by atoms with Gasteiger partial charge >= 0.3 is 0 Å². The molecule has 0 aliphatic carbocycles. The third kappa shape index (κ3) is 5.04. The maximum absolute atomic E-state index is 12.5. The van der Waals surface area contributed by atoms with Crippen molar-refractivity contribution in [3.8, 4) is 5.75 Å². The Hall–Kier alpha value is -3.55. The van der Waals surface area contributed by atoms with Gasteiger partial charge in [0.25, 0.3) is 11.8 Å².